The Kier molecular flexibility index (Phi) is 7.32. The molecule has 0 unspecified atom stereocenters. The van der Waals surface area contributed by atoms with E-state index in [1.807, 2.05) is 19.9 Å². The fourth-order valence-electron chi connectivity index (χ4n) is 0.906. The van der Waals surface area contributed by atoms with Crippen LogP contribution in [0.4, 0.5) is 0 Å². The van der Waals surface area contributed by atoms with Gasteiger partial charge in [0.1, 0.15) is 0 Å². The minimum atomic E-state index is -0.324. The van der Waals surface area contributed by atoms with Gasteiger partial charge < -0.3 is 10.1 Å². The number of ether oxygens (including phenoxy) is 1. The van der Waals surface area contributed by atoms with E-state index in [-0.39, 0.29) is 24.7 Å². The third-order valence-corrected chi connectivity index (χ3v) is 1.67. The number of hydrogen-bond donors (Lipinski definition) is 1. The van der Waals surface area contributed by atoms with E-state index in [9.17, 15) is 9.59 Å². The van der Waals surface area contributed by atoms with E-state index < -0.39 is 0 Å². The van der Waals surface area contributed by atoms with Gasteiger partial charge in [0.2, 0.25) is 5.91 Å². The highest BCUT2D eigenvalue weighted by atomic mass is 16.5. The number of hydrogen-bond acceptors (Lipinski definition) is 3. The van der Waals surface area contributed by atoms with E-state index in [4.69, 9.17) is 4.74 Å². The first-order chi connectivity index (χ1) is 7.06. The first-order valence-corrected chi connectivity index (χ1v) is 5.12. The summed E-state index contributed by atoms with van der Waals surface area (Å²) in [5.41, 5.74) is 1.15. The fourth-order valence-corrected chi connectivity index (χ4v) is 0.906. The molecule has 4 heteroatoms. The van der Waals surface area contributed by atoms with Crippen LogP contribution in [0, 0.1) is 0 Å². The molecule has 0 atom stereocenters. The molecule has 0 aliphatic rings. The molecule has 0 spiro atoms. The van der Waals surface area contributed by atoms with Crippen molar-refractivity contribution in [3.63, 3.8) is 0 Å². The number of esters is 1. The molecule has 0 heterocycles. The minimum absolute atomic E-state index is 0.124. The zero-order valence-corrected chi connectivity index (χ0v) is 9.63. The largest absolute Gasteiger partial charge is 0.466 e. The molecule has 0 aromatic carbocycles. The number of allylic oxidation sites excluding steroid dienone is 1. The Hall–Kier alpha value is -1.32. The lowest BCUT2D eigenvalue weighted by molar-refractivity contribution is -0.144. The van der Waals surface area contributed by atoms with E-state index in [2.05, 4.69) is 5.32 Å². The molecule has 0 aliphatic carbocycles. The van der Waals surface area contributed by atoms with Crippen LogP contribution in [0.25, 0.3) is 0 Å². The molecule has 0 rings (SSSR count). The highest BCUT2D eigenvalue weighted by molar-refractivity contribution is 5.81. The van der Waals surface area contributed by atoms with Crippen LogP contribution >= 0.6 is 0 Å². The second kappa shape index (κ2) is 8.03. The van der Waals surface area contributed by atoms with Gasteiger partial charge in [0.05, 0.1) is 13.0 Å². The first-order valence-electron chi connectivity index (χ1n) is 5.12. The summed E-state index contributed by atoms with van der Waals surface area (Å²) in [4.78, 5) is 22.1. The summed E-state index contributed by atoms with van der Waals surface area (Å²) in [6.45, 7) is 6.55. The Morgan fingerprint density at radius 1 is 1.27 bits per heavy atom. The van der Waals surface area contributed by atoms with Gasteiger partial charge in [-0.25, -0.2) is 0 Å². The van der Waals surface area contributed by atoms with Gasteiger partial charge in [-0.2, -0.15) is 0 Å². The first kappa shape index (κ1) is 13.7. The zero-order valence-electron chi connectivity index (χ0n) is 9.63. The molecule has 0 aromatic heterocycles. The average Bonchev–Trinajstić information content (AvgIpc) is 2.14. The normalized spacial score (nSPS) is 9.27. The van der Waals surface area contributed by atoms with Gasteiger partial charge in [-0.1, -0.05) is 11.6 Å². The van der Waals surface area contributed by atoms with Gasteiger partial charge in [0, 0.05) is 13.0 Å². The fraction of sp³-hybridized carbons (Fsp3) is 0.636. The predicted octanol–water partition coefficient (Wildman–Crippen LogP) is 1.41. The van der Waals surface area contributed by atoms with Crippen LogP contribution in [0.3, 0.4) is 0 Å². The lowest BCUT2D eigenvalue weighted by Gasteiger charge is -2.02. The molecule has 0 fully saturated rings. The molecule has 0 bridgehead atoms. The molecule has 0 saturated carbocycles. The topological polar surface area (TPSA) is 55.4 Å². The van der Waals surface area contributed by atoms with Gasteiger partial charge in [-0.3, -0.25) is 9.59 Å². The van der Waals surface area contributed by atoms with Crippen LogP contribution in [0.2, 0.25) is 0 Å². The van der Waals surface area contributed by atoms with Gasteiger partial charge in [-0.15, -0.1) is 0 Å². The maximum Gasteiger partial charge on any atom is 0.306 e. The molecule has 1 amide bonds. The van der Waals surface area contributed by atoms with Crippen molar-refractivity contribution in [3.05, 3.63) is 11.6 Å². The van der Waals surface area contributed by atoms with E-state index in [0.29, 0.717) is 13.2 Å². The number of nitrogens with one attached hydrogen (secondary N) is 1. The molecule has 0 radical (unpaired) electrons. The van der Waals surface area contributed by atoms with Crippen molar-refractivity contribution in [2.75, 3.05) is 13.2 Å². The minimum Gasteiger partial charge on any atom is -0.466 e. The zero-order chi connectivity index (χ0) is 11.7. The van der Waals surface area contributed by atoms with Gasteiger partial charge in [0.15, 0.2) is 0 Å². The number of carbonyl (C=O) groups is 2. The molecule has 86 valence electrons. The third-order valence-electron chi connectivity index (χ3n) is 1.67. The maximum atomic E-state index is 11.2. The summed E-state index contributed by atoms with van der Waals surface area (Å²) in [6.07, 6.45) is 2.26. The number of carbonyl (C=O) groups excluding carboxylic acids is 2. The third kappa shape index (κ3) is 9.00. The summed E-state index contributed by atoms with van der Waals surface area (Å²) < 4.78 is 4.70. The Morgan fingerprint density at radius 3 is 2.47 bits per heavy atom. The van der Waals surface area contributed by atoms with Crippen LogP contribution in [0.1, 0.15) is 33.6 Å². The maximum absolute atomic E-state index is 11.2. The Bertz CT molecular complexity index is 242. The van der Waals surface area contributed by atoms with Crippen LogP contribution in [0.15, 0.2) is 11.6 Å². The van der Waals surface area contributed by atoms with Gasteiger partial charge >= 0.3 is 5.97 Å². The summed E-state index contributed by atoms with van der Waals surface area (Å²) in [7, 11) is 0. The van der Waals surface area contributed by atoms with E-state index >= 15 is 0 Å². The second-order valence-electron chi connectivity index (χ2n) is 3.39. The molecular formula is C11H19NO3. The molecule has 0 aliphatic heterocycles. The van der Waals surface area contributed by atoms with Crippen LogP contribution < -0.4 is 5.32 Å². The summed E-state index contributed by atoms with van der Waals surface area (Å²) in [6, 6.07) is 0. The van der Waals surface area contributed by atoms with Gasteiger partial charge in [0.25, 0.3) is 0 Å². The highest BCUT2D eigenvalue weighted by Crippen LogP contribution is 1.93. The van der Waals surface area contributed by atoms with E-state index in [1.165, 1.54) is 0 Å². The molecule has 0 saturated heterocycles. The van der Waals surface area contributed by atoms with Crippen molar-refractivity contribution in [2.45, 2.75) is 33.6 Å². The molecular weight excluding hydrogens is 194 g/mol. The lowest BCUT2D eigenvalue weighted by atomic mass is 10.3. The predicted molar refractivity (Wildman–Crippen MR) is 58.3 cm³/mol. The van der Waals surface area contributed by atoms with Crippen molar-refractivity contribution < 1.29 is 14.3 Å². The quantitative estimate of drug-likeness (QED) is 0.536. The van der Waals surface area contributed by atoms with E-state index in [0.717, 1.165) is 5.57 Å². The smallest absolute Gasteiger partial charge is 0.306 e. The van der Waals surface area contributed by atoms with Crippen LogP contribution in [-0.4, -0.2) is 25.0 Å². The SMILES string of the molecule is CCOC(=O)CCC(=O)NCC=C(C)C. The Labute approximate surface area is 90.7 Å². The molecule has 15 heavy (non-hydrogen) atoms. The Balaban J connectivity index is 3.58. The molecule has 4 nitrogen and oxygen atoms in total. The molecule has 1 N–H and O–H groups in total. The van der Waals surface area contributed by atoms with Crippen LogP contribution in [-0.2, 0) is 14.3 Å². The summed E-state index contributed by atoms with van der Waals surface area (Å²) in [5, 5.41) is 2.69. The number of rotatable bonds is 6. The standard InChI is InChI=1S/C11H19NO3/c1-4-15-11(14)6-5-10(13)12-8-7-9(2)3/h7H,4-6,8H2,1-3H3,(H,12,13). The molecule has 0 aromatic rings. The van der Waals surface area contributed by atoms with Crippen LogP contribution in [0.5, 0.6) is 0 Å². The van der Waals surface area contributed by atoms with Crippen molar-refractivity contribution in [1.29, 1.82) is 0 Å². The summed E-state index contributed by atoms with van der Waals surface area (Å²) >= 11 is 0. The average molecular weight is 213 g/mol. The van der Waals surface area contributed by atoms with Crippen molar-refractivity contribution in [2.24, 2.45) is 0 Å². The number of amides is 1. The second-order valence-corrected chi connectivity index (χ2v) is 3.39. The van der Waals surface area contributed by atoms with Crippen molar-refractivity contribution in [3.8, 4) is 0 Å². The lowest BCUT2D eigenvalue weighted by Crippen LogP contribution is -2.24. The van der Waals surface area contributed by atoms with E-state index in [1.54, 1.807) is 6.92 Å². The monoisotopic (exact) mass is 213 g/mol. The Morgan fingerprint density at radius 2 is 1.93 bits per heavy atom. The highest BCUT2D eigenvalue weighted by Gasteiger charge is 2.05. The summed E-state index contributed by atoms with van der Waals surface area (Å²) in [5.74, 6) is -0.449. The van der Waals surface area contributed by atoms with Gasteiger partial charge in [-0.05, 0) is 20.8 Å². The van der Waals surface area contributed by atoms with Crippen molar-refractivity contribution >= 4 is 11.9 Å². The van der Waals surface area contributed by atoms with Crippen molar-refractivity contribution in [1.82, 2.24) is 5.32 Å².